The lowest BCUT2D eigenvalue weighted by atomic mass is 10.1. The Morgan fingerprint density at radius 3 is 2.32 bits per heavy atom. The largest absolute Gasteiger partial charge is 0.497 e. The van der Waals surface area contributed by atoms with Gasteiger partial charge in [-0.2, -0.15) is 4.98 Å². The van der Waals surface area contributed by atoms with Gasteiger partial charge in [0, 0.05) is 11.6 Å². The number of carbonyl (C=O) groups is 1. The van der Waals surface area contributed by atoms with Gasteiger partial charge in [-0.3, -0.25) is 4.79 Å². The fourth-order valence-electron chi connectivity index (χ4n) is 3.15. The predicted octanol–water partition coefficient (Wildman–Crippen LogP) is 3.74. The molecule has 8 heteroatoms. The standard InChI is InChI=1S/C23H27N3O5/c1-15(2)26(22(27)13-16-6-11-19(29-4)20(12-16)30-5)14-21-24-23(25-31-21)17-7-9-18(28-3)10-8-17/h6-12,15H,13-14H2,1-5H3. The molecule has 3 aromatic rings. The zero-order chi connectivity index (χ0) is 22.4. The molecule has 1 amide bonds. The lowest BCUT2D eigenvalue weighted by Crippen LogP contribution is -2.37. The minimum Gasteiger partial charge on any atom is -0.497 e. The molecule has 0 atom stereocenters. The molecule has 0 saturated heterocycles. The number of carbonyl (C=O) groups excluding carboxylic acids is 1. The second kappa shape index (κ2) is 9.97. The molecule has 0 unspecified atom stereocenters. The molecule has 1 aromatic heterocycles. The molecular formula is C23H27N3O5. The van der Waals surface area contributed by atoms with E-state index in [-0.39, 0.29) is 24.9 Å². The third-order valence-electron chi connectivity index (χ3n) is 4.87. The second-order valence-corrected chi connectivity index (χ2v) is 7.22. The molecule has 164 valence electrons. The van der Waals surface area contributed by atoms with Gasteiger partial charge in [-0.25, -0.2) is 0 Å². The molecule has 0 fully saturated rings. The Morgan fingerprint density at radius 1 is 1.00 bits per heavy atom. The van der Waals surface area contributed by atoms with Gasteiger partial charge in [0.05, 0.1) is 27.8 Å². The number of ether oxygens (including phenoxy) is 3. The highest BCUT2D eigenvalue weighted by Crippen LogP contribution is 2.28. The average molecular weight is 425 g/mol. The maximum atomic E-state index is 13.0. The van der Waals surface area contributed by atoms with Crippen LogP contribution in [0.25, 0.3) is 11.4 Å². The van der Waals surface area contributed by atoms with Crippen molar-refractivity contribution in [3.8, 4) is 28.6 Å². The maximum absolute atomic E-state index is 13.0. The van der Waals surface area contributed by atoms with Gasteiger partial charge in [-0.1, -0.05) is 11.2 Å². The van der Waals surface area contributed by atoms with Gasteiger partial charge in [0.15, 0.2) is 11.5 Å². The molecule has 0 spiro atoms. The van der Waals surface area contributed by atoms with Crippen LogP contribution in [0.4, 0.5) is 0 Å². The second-order valence-electron chi connectivity index (χ2n) is 7.22. The first-order chi connectivity index (χ1) is 14.9. The number of nitrogens with zero attached hydrogens (tertiary/aromatic N) is 3. The van der Waals surface area contributed by atoms with E-state index in [0.717, 1.165) is 16.9 Å². The molecule has 0 aliphatic heterocycles. The first-order valence-electron chi connectivity index (χ1n) is 9.92. The average Bonchev–Trinajstić information content (AvgIpc) is 3.25. The Labute approximate surface area is 181 Å². The minimum atomic E-state index is -0.0496. The zero-order valence-corrected chi connectivity index (χ0v) is 18.4. The van der Waals surface area contributed by atoms with Crippen molar-refractivity contribution in [2.75, 3.05) is 21.3 Å². The van der Waals surface area contributed by atoms with E-state index < -0.39 is 0 Å². The Balaban J connectivity index is 1.72. The van der Waals surface area contributed by atoms with Crippen LogP contribution in [0.15, 0.2) is 47.0 Å². The first-order valence-corrected chi connectivity index (χ1v) is 9.92. The summed E-state index contributed by atoms with van der Waals surface area (Å²) in [6.45, 7) is 4.13. The summed E-state index contributed by atoms with van der Waals surface area (Å²) in [6, 6.07) is 12.8. The highest BCUT2D eigenvalue weighted by molar-refractivity contribution is 5.79. The Hall–Kier alpha value is -3.55. The third kappa shape index (κ3) is 5.33. The molecule has 0 radical (unpaired) electrons. The van der Waals surface area contributed by atoms with E-state index in [1.54, 1.807) is 32.3 Å². The van der Waals surface area contributed by atoms with Crippen molar-refractivity contribution in [1.82, 2.24) is 15.0 Å². The van der Waals surface area contributed by atoms with E-state index in [9.17, 15) is 4.79 Å². The number of methoxy groups -OCH3 is 3. The number of aromatic nitrogens is 2. The molecule has 0 saturated carbocycles. The Bertz CT molecular complexity index is 1010. The summed E-state index contributed by atoms with van der Waals surface area (Å²) >= 11 is 0. The van der Waals surface area contributed by atoms with Gasteiger partial charge >= 0.3 is 0 Å². The molecule has 31 heavy (non-hydrogen) atoms. The van der Waals surface area contributed by atoms with Crippen LogP contribution in [0.5, 0.6) is 17.2 Å². The van der Waals surface area contributed by atoms with Crippen LogP contribution in [0.1, 0.15) is 25.3 Å². The van der Waals surface area contributed by atoms with E-state index in [4.69, 9.17) is 18.7 Å². The van der Waals surface area contributed by atoms with Crippen molar-refractivity contribution in [3.63, 3.8) is 0 Å². The Kier molecular flexibility index (Phi) is 7.12. The summed E-state index contributed by atoms with van der Waals surface area (Å²) in [5, 5.41) is 4.04. The van der Waals surface area contributed by atoms with Crippen LogP contribution < -0.4 is 14.2 Å². The van der Waals surface area contributed by atoms with Gasteiger partial charge in [0.25, 0.3) is 0 Å². The van der Waals surface area contributed by atoms with Gasteiger partial charge in [0.2, 0.25) is 17.6 Å². The van der Waals surface area contributed by atoms with Crippen molar-refractivity contribution in [1.29, 1.82) is 0 Å². The van der Waals surface area contributed by atoms with E-state index in [2.05, 4.69) is 10.1 Å². The summed E-state index contributed by atoms with van der Waals surface area (Å²) in [5.74, 6) is 2.75. The van der Waals surface area contributed by atoms with Gasteiger partial charge in [-0.15, -0.1) is 0 Å². The molecular weight excluding hydrogens is 398 g/mol. The van der Waals surface area contributed by atoms with Crippen LogP contribution in [0.2, 0.25) is 0 Å². The number of amides is 1. The summed E-state index contributed by atoms with van der Waals surface area (Å²) in [4.78, 5) is 19.2. The van der Waals surface area contributed by atoms with Crippen LogP contribution in [0, 0.1) is 0 Å². The fraction of sp³-hybridized carbons (Fsp3) is 0.348. The lowest BCUT2D eigenvalue weighted by molar-refractivity contribution is -0.133. The van der Waals surface area contributed by atoms with Crippen molar-refractivity contribution >= 4 is 5.91 Å². The van der Waals surface area contributed by atoms with Gasteiger partial charge in [0.1, 0.15) is 12.3 Å². The third-order valence-corrected chi connectivity index (χ3v) is 4.87. The van der Waals surface area contributed by atoms with E-state index in [0.29, 0.717) is 23.2 Å². The SMILES string of the molecule is COc1ccc(-c2noc(CN(C(=O)Cc3ccc(OC)c(OC)c3)C(C)C)n2)cc1. The topological polar surface area (TPSA) is 86.9 Å². The van der Waals surface area contributed by atoms with Crippen molar-refractivity contribution in [2.45, 2.75) is 32.9 Å². The molecule has 0 bridgehead atoms. The maximum Gasteiger partial charge on any atom is 0.246 e. The lowest BCUT2D eigenvalue weighted by Gasteiger charge is -2.25. The summed E-state index contributed by atoms with van der Waals surface area (Å²) < 4.78 is 21.2. The van der Waals surface area contributed by atoms with E-state index in [1.807, 2.05) is 50.2 Å². The smallest absolute Gasteiger partial charge is 0.246 e. The number of hydrogen-bond donors (Lipinski definition) is 0. The molecule has 0 N–H and O–H groups in total. The Morgan fingerprint density at radius 2 is 1.71 bits per heavy atom. The summed E-state index contributed by atoms with van der Waals surface area (Å²) in [5.41, 5.74) is 1.64. The van der Waals surface area contributed by atoms with Crippen LogP contribution in [0.3, 0.4) is 0 Å². The molecule has 0 aliphatic rings. The highest BCUT2D eigenvalue weighted by atomic mass is 16.5. The van der Waals surface area contributed by atoms with Crippen LogP contribution >= 0.6 is 0 Å². The summed E-state index contributed by atoms with van der Waals surface area (Å²) in [6.07, 6.45) is 0.220. The van der Waals surface area contributed by atoms with Crippen LogP contribution in [-0.4, -0.2) is 48.3 Å². The van der Waals surface area contributed by atoms with Gasteiger partial charge < -0.3 is 23.6 Å². The first kappa shape index (κ1) is 22.1. The molecule has 3 rings (SSSR count). The molecule has 1 heterocycles. The van der Waals surface area contributed by atoms with E-state index >= 15 is 0 Å². The van der Waals surface area contributed by atoms with Crippen LogP contribution in [-0.2, 0) is 17.8 Å². The summed E-state index contributed by atoms with van der Waals surface area (Å²) in [7, 11) is 4.76. The number of hydrogen-bond acceptors (Lipinski definition) is 7. The minimum absolute atomic E-state index is 0.0380. The predicted molar refractivity (Wildman–Crippen MR) is 115 cm³/mol. The number of benzene rings is 2. The van der Waals surface area contributed by atoms with Crippen molar-refractivity contribution < 1.29 is 23.5 Å². The molecule has 0 aliphatic carbocycles. The molecule has 2 aromatic carbocycles. The van der Waals surface area contributed by atoms with Crippen molar-refractivity contribution in [3.05, 3.63) is 53.9 Å². The zero-order valence-electron chi connectivity index (χ0n) is 18.4. The molecule has 8 nitrogen and oxygen atoms in total. The quantitative estimate of drug-likeness (QED) is 0.516. The fourth-order valence-corrected chi connectivity index (χ4v) is 3.15. The normalized spacial score (nSPS) is 10.8. The van der Waals surface area contributed by atoms with Gasteiger partial charge in [-0.05, 0) is 55.8 Å². The van der Waals surface area contributed by atoms with Crippen molar-refractivity contribution in [2.24, 2.45) is 0 Å². The monoisotopic (exact) mass is 425 g/mol. The van der Waals surface area contributed by atoms with E-state index in [1.165, 1.54) is 0 Å². The number of rotatable bonds is 9. The highest BCUT2D eigenvalue weighted by Gasteiger charge is 2.21.